The first-order valence-corrected chi connectivity index (χ1v) is 6.57. The molecular weight excluding hydrogens is 292 g/mol. The zero-order chi connectivity index (χ0) is 13.0. The quantitative estimate of drug-likeness (QED) is 0.929. The molecule has 0 fully saturated rings. The van der Waals surface area contributed by atoms with E-state index in [0.717, 1.165) is 21.3 Å². The van der Waals surface area contributed by atoms with Crippen LogP contribution in [0.5, 0.6) is 5.75 Å². The van der Waals surface area contributed by atoms with Gasteiger partial charge in [0.05, 0.1) is 0 Å². The monoisotopic (exact) mass is 306 g/mol. The second-order valence-electron chi connectivity index (χ2n) is 4.19. The van der Waals surface area contributed by atoms with Crippen molar-refractivity contribution in [2.75, 3.05) is 6.61 Å². The standard InChI is InChI=1S/C15H15BrO2/c1-11-3-2-4-14(9-11)18-10-15(17)12-5-7-13(16)8-6-12/h2-9,15,17H,10H2,1H3. The molecule has 0 saturated heterocycles. The molecular formula is C15H15BrO2. The second-order valence-corrected chi connectivity index (χ2v) is 5.11. The summed E-state index contributed by atoms with van der Waals surface area (Å²) in [5.41, 5.74) is 2.00. The Kier molecular flexibility index (Phi) is 4.39. The van der Waals surface area contributed by atoms with Crippen LogP contribution in [0, 0.1) is 6.92 Å². The Bertz CT molecular complexity index is 508. The maximum absolute atomic E-state index is 10.0. The van der Waals surface area contributed by atoms with Gasteiger partial charge >= 0.3 is 0 Å². The highest BCUT2D eigenvalue weighted by Gasteiger charge is 2.08. The van der Waals surface area contributed by atoms with E-state index in [1.165, 1.54) is 0 Å². The molecule has 2 aromatic rings. The van der Waals surface area contributed by atoms with E-state index in [0.29, 0.717) is 0 Å². The fourth-order valence-electron chi connectivity index (χ4n) is 1.66. The van der Waals surface area contributed by atoms with Gasteiger partial charge in [-0.2, -0.15) is 0 Å². The van der Waals surface area contributed by atoms with Crippen LogP contribution >= 0.6 is 15.9 Å². The summed E-state index contributed by atoms with van der Waals surface area (Å²) in [7, 11) is 0. The van der Waals surface area contributed by atoms with Crippen molar-refractivity contribution in [3.05, 3.63) is 64.1 Å². The van der Waals surface area contributed by atoms with E-state index < -0.39 is 6.10 Å². The van der Waals surface area contributed by atoms with E-state index >= 15 is 0 Å². The van der Waals surface area contributed by atoms with Crippen LogP contribution in [0.1, 0.15) is 17.2 Å². The van der Waals surface area contributed by atoms with Crippen LogP contribution in [-0.2, 0) is 0 Å². The number of hydrogen-bond acceptors (Lipinski definition) is 2. The SMILES string of the molecule is Cc1cccc(OCC(O)c2ccc(Br)cc2)c1. The van der Waals surface area contributed by atoms with Crippen LogP contribution in [0.15, 0.2) is 53.0 Å². The highest BCUT2D eigenvalue weighted by atomic mass is 79.9. The first kappa shape index (κ1) is 13.1. The molecule has 0 aliphatic heterocycles. The van der Waals surface area contributed by atoms with Gasteiger partial charge in [-0.3, -0.25) is 0 Å². The number of rotatable bonds is 4. The lowest BCUT2D eigenvalue weighted by atomic mass is 10.1. The van der Waals surface area contributed by atoms with Crippen molar-refractivity contribution in [2.45, 2.75) is 13.0 Å². The maximum atomic E-state index is 10.0. The third kappa shape index (κ3) is 3.59. The molecule has 3 heteroatoms. The minimum Gasteiger partial charge on any atom is -0.491 e. The van der Waals surface area contributed by atoms with Gasteiger partial charge in [-0.15, -0.1) is 0 Å². The van der Waals surface area contributed by atoms with E-state index in [-0.39, 0.29) is 6.61 Å². The summed E-state index contributed by atoms with van der Waals surface area (Å²) >= 11 is 3.37. The molecule has 1 N–H and O–H groups in total. The van der Waals surface area contributed by atoms with Crippen molar-refractivity contribution in [1.29, 1.82) is 0 Å². The van der Waals surface area contributed by atoms with Crippen molar-refractivity contribution in [3.8, 4) is 5.75 Å². The minimum absolute atomic E-state index is 0.255. The maximum Gasteiger partial charge on any atom is 0.119 e. The Balaban J connectivity index is 1.96. The fourth-order valence-corrected chi connectivity index (χ4v) is 1.93. The van der Waals surface area contributed by atoms with Crippen LogP contribution in [0.2, 0.25) is 0 Å². The average Bonchev–Trinajstić information content (AvgIpc) is 2.37. The third-order valence-corrected chi connectivity index (χ3v) is 3.18. The lowest BCUT2D eigenvalue weighted by molar-refractivity contribution is 0.108. The molecule has 0 aliphatic rings. The number of benzene rings is 2. The highest BCUT2D eigenvalue weighted by Crippen LogP contribution is 2.19. The number of ether oxygens (including phenoxy) is 1. The fraction of sp³-hybridized carbons (Fsp3) is 0.200. The van der Waals surface area contributed by atoms with Gasteiger partial charge in [-0.05, 0) is 42.3 Å². The summed E-state index contributed by atoms with van der Waals surface area (Å²) in [4.78, 5) is 0. The summed E-state index contributed by atoms with van der Waals surface area (Å²) in [6.45, 7) is 2.27. The van der Waals surface area contributed by atoms with Gasteiger partial charge in [0.15, 0.2) is 0 Å². The first-order chi connectivity index (χ1) is 8.65. The van der Waals surface area contributed by atoms with Gasteiger partial charge in [0.1, 0.15) is 18.5 Å². The molecule has 0 radical (unpaired) electrons. The zero-order valence-corrected chi connectivity index (χ0v) is 11.7. The normalized spacial score (nSPS) is 12.2. The molecule has 0 aromatic heterocycles. The number of hydrogen-bond donors (Lipinski definition) is 1. The molecule has 2 rings (SSSR count). The summed E-state index contributed by atoms with van der Waals surface area (Å²) in [5, 5.41) is 10.0. The molecule has 0 spiro atoms. The topological polar surface area (TPSA) is 29.5 Å². The van der Waals surface area contributed by atoms with E-state index in [9.17, 15) is 5.11 Å². The number of aliphatic hydroxyl groups is 1. The second kappa shape index (κ2) is 6.03. The molecule has 94 valence electrons. The Morgan fingerprint density at radius 3 is 2.56 bits per heavy atom. The smallest absolute Gasteiger partial charge is 0.119 e. The highest BCUT2D eigenvalue weighted by molar-refractivity contribution is 9.10. The predicted octanol–water partition coefficient (Wildman–Crippen LogP) is 3.87. The summed E-state index contributed by atoms with van der Waals surface area (Å²) in [6.07, 6.45) is -0.612. The number of aliphatic hydroxyl groups excluding tert-OH is 1. The van der Waals surface area contributed by atoms with Gasteiger partial charge in [0, 0.05) is 4.47 Å². The Morgan fingerprint density at radius 2 is 1.89 bits per heavy atom. The number of halogens is 1. The molecule has 2 nitrogen and oxygen atoms in total. The van der Waals surface area contributed by atoms with Crippen molar-refractivity contribution in [2.24, 2.45) is 0 Å². The molecule has 2 aromatic carbocycles. The van der Waals surface area contributed by atoms with Gasteiger partial charge in [0.25, 0.3) is 0 Å². The largest absolute Gasteiger partial charge is 0.491 e. The van der Waals surface area contributed by atoms with Crippen molar-refractivity contribution < 1.29 is 9.84 Å². The summed E-state index contributed by atoms with van der Waals surface area (Å²) in [5.74, 6) is 0.783. The molecule has 0 bridgehead atoms. The van der Waals surface area contributed by atoms with Crippen molar-refractivity contribution >= 4 is 15.9 Å². The summed E-state index contributed by atoms with van der Waals surface area (Å²) < 4.78 is 6.57. The van der Waals surface area contributed by atoms with Crippen LogP contribution in [0.3, 0.4) is 0 Å². The molecule has 0 aliphatic carbocycles. The lowest BCUT2D eigenvalue weighted by Crippen LogP contribution is -2.09. The van der Waals surface area contributed by atoms with Gasteiger partial charge in [0.2, 0.25) is 0 Å². The molecule has 0 amide bonds. The predicted molar refractivity (Wildman–Crippen MR) is 75.8 cm³/mol. The van der Waals surface area contributed by atoms with Gasteiger partial charge < -0.3 is 9.84 Å². The van der Waals surface area contributed by atoms with Crippen LogP contribution < -0.4 is 4.74 Å². The Hall–Kier alpha value is -1.32. The van der Waals surface area contributed by atoms with Gasteiger partial charge in [-0.25, -0.2) is 0 Å². The molecule has 0 heterocycles. The van der Waals surface area contributed by atoms with Crippen molar-refractivity contribution in [1.82, 2.24) is 0 Å². The molecule has 1 atom stereocenters. The molecule has 18 heavy (non-hydrogen) atoms. The Morgan fingerprint density at radius 1 is 1.17 bits per heavy atom. The summed E-state index contributed by atoms with van der Waals surface area (Å²) in [6, 6.07) is 15.4. The van der Waals surface area contributed by atoms with Crippen molar-refractivity contribution in [3.63, 3.8) is 0 Å². The van der Waals surface area contributed by atoms with E-state index in [1.807, 2.05) is 55.5 Å². The number of aryl methyl sites for hydroxylation is 1. The van der Waals surface area contributed by atoms with Crippen LogP contribution in [-0.4, -0.2) is 11.7 Å². The zero-order valence-electron chi connectivity index (χ0n) is 10.1. The minimum atomic E-state index is -0.612. The average molecular weight is 307 g/mol. The van der Waals surface area contributed by atoms with E-state index in [2.05, 4.69) is 15.9 Å². The Labute approximate surface area is 115 Å². The molecule has 1 unspecified atom stereocenters. The molecule has 0 saturated carbocycles. The van der Waals surface area contributed by atoms with Gasteiger partial charge in [-0.1, -0.05) is 40.2 Å². The van der Waals surface area contributed by atoms with Crippen LogP contribution in [0.25, 0.3) is 0 Å². The van der Waals surface area contributed by atoms with Crippen LogP contribution in [0.4, 0.5) is 0 Å². The first-order valence-electron chi connectivity index (χ1n) is 5.78. The van der Waals surface area contributed by atoms with E-state index in [4.69, 9.17) is 4.74 Å². The third-order valence-electron chi connectivity index (χ3n) is 2.65. The van der Waals surface area contributed by atoms with E-state index in [1.54, 1.807) is 0 Å². The lowest BCUT2D eigenvalue weighted by Gasteiger charge is -2.13.